The van der Waals surface area contributed by atoms with Crippen molar-refractivity contribution >= 4 is 52.2 Å². The molecule has 1 saturated heterocycles. The van der Waals surface area contributed by atoms with Crippen molar-refractivity contribution in [2.24, 2.45) is 5.41 Å². The number of carbonyl (C=O) groups is 3. The maximum atomic E-state index is 14.1. The molecule has 15 nitrogen and oxygen atoms in total. The highest BCUT2D eigenvalue weighted by Gasteiger charge is 2.43. The normalized spacial score (nSPS) is 15.8. The van der Waals surface area contributed by atoms with Gasteiger partial charge in [-0.3, -0.25) is 19.5 Å². The van der Waals surface area contributed by atoms with Crippen LogP contribution in [0.2, 0.25) is 0 Å². The largest absolute Gasteiger partial charge is 0.487 e. The first kappa shape index (κ1) is 45.6. The molecule has 62 heavy (non-hydrogen) atoms. The van der Waals surface area contributed by atoms with Crippen molar-refractivity contribution in [1.82, 2.24) is 35.7 Å². The molecule has 1 aliphatic rings. The van der Waals surface area contributed by atoms with Gasteiger partial charge < -0.3 is 40.7 Å². The molecule has 0 aliphatic carbocycles. The molecule has 1 fully saturated rings. The Hall–Kier alpha value is -5.95. The zero-order valence-corrected chi connectivity index (χ0v) is 36.1. The molecule has 328 valence electrons. The zero-order chi connectivity index (χ0) is 44.6. The third kappa shape index (κ3) is 12.1. The molecule has 6 rings (SSSR count). The molecular weight excluding hydrogens is 844 g/mol. The number of anilines is 2. The first-order valence-electron chi connectivity index (χ1n) is 19.6. The van der Waals surface area contributed by atoms with Crippen LogP contribution in [0.25, 0.3) is 21.7 Å². The molecule has 1 aliphatic heterocycles. The van der Waals surface area contributed by atoms with Crippen LogP contribution >= 0.6 is 22.9 Å². The number of benzene rings is 2. The minimum atomic E-state index is -3.87. The van der Waals surface area contributed by atoms with Gasteiger partial charge >= 0.3 is 5.57 Å². The number of amides is 3. The van der Waals surface area contributed by atoms with Crippen molar-refractivity contribution in [2.75, 3.05) is 36.9 Å². The van der Waals surface area contributed by atoms with Crippen LogP contribution < -0.4 is 26.0 Å². The Morgan fingerprint density at radius 1 is 1.10 bits per heavy atom. The number of ether oxygens (including phenoxy) is 2. The van der Waals surface area contributed by atoms with Crippen LogP contribution in [0.15, 0.2) is 90.8 Å². The summed E-state index contributed by atoms with van der Waals surface area (Å²) in [6.45, 7) is 12.3. The van der Waals surface area contributed by atoms with Crippen LogP contribution in [0.3, 0.4) is 0 Å². The number of aromatic amines is 1. The fourth-order valence-corrected chi connectivity index (χ4v) is 7.68. The van der Waals surface area contributed by atoms with E-state index in [-0.39, 0.29) is 43.5 Å². The molecular formula is C43H48ClF2N9O6S. The number of hydrogen-bond acceptors (Lipinski definition) is 12. The minimum Gasteiger partial charge on any atom is -0.420 e. The monoisotopic (exact) mass is 891 g/mol. The molecule has 3 amide bonds. The van der Waals surface area contributed by atoms with Gasteiger partial charge in [0.15, 0.2) is 0 Å². The van der Waals surface area contributed by atoms with E-state index in [4.69, 9.17) is 16.3 Å². The molecule has 19 heteroatoms. The van der Waals surface area contributed by atoms with E-state index in [9.17, 15) is 28.3 Å². The molecule has 0 bridgehead atoms. The number of aliphatic hydroxyl groups excluding tert-OH is 1. The van der Waals surface area contributed by atoms with E-state index in [0.717, 1.165) is 21.7 Å². The van der Waals surface area contributed by atoms with Gasteiger partial charge in [0.05, 0.1) is 46.1 Å². The fraction of sp³-hybridized carbons (Fsp3) is 0.349. The summed E-state index contributed by atoms with van der Waals surface area (Å²) in [6, 6.07) is 15.3. The van der Waals surface area contributed by atoms with Crippen molar-refractivity contribution in [2.45, 2.75) is 64.4 Å². The average Bonchev–Trinajstić information content (AvgIpc) is 4.01. The fourth-order valence-electron chi connectivity index (χ4n) is 6.78. The van der Waals surface area contributed by atoms with Crippen molar-refractivity contribution in [3.8, 4) is 27.4 Å². The van der Waals surface area contributed by atoms with E-state index < -0.39 is 41.0 Å². The SMILES string of the molecule is C=C(NCc1ccc(-c2scnc2C)cc1)[C@@H]1C[C@@H](O)CN1C(=O)[C@@H](NC(=O)COCCNc1ncc(C(=O)Nc2ccc(OC(F)(F)Cl)cc2)cc1-c1ccn[nH]1)C(C)(C)C. The molecule has 0 unspecified atom stereocenters. The molecule has 4 heterocycles. The first-order valence-corrected chi connectivity index (χ1v) is 20.9. The molecule has 6 N–H and O–H groups in total. The van der Waals surface area contributed by atoms with Gasteiger partial charge in [0, 0.05) is 67.0 Å². The number of alkyl halides is 3. The van der Waals surface area contributed by atoms with E-state index in [0.29, 0.717) is 41.4 Å². The Morgan fingerprint density at radius 2 is 1.84 bits per heavy atom. The average molecular weight is 892 g/mol. The number of nitrogens with one attached hydrogen (secondary N) is 5. The van der Waals surface area contributed by atoms with Crippen molar-refractivity contribution in [1.29, 1.82) is 0 Å². The summed E-state index contributed by atoms with van der Waals surface area (Å²) >= 11 is 6.41. The Kier molecular flexibility index (Phi) is 14.6. The lowest BCUT2D eigenvalue weighted by Crippen LogP contribution is -2.57. The second-order valence-corrected chi connectivity index (χ2v) is 17.0. The molecule has 0 radical (unpaired) electrons. The van der Waals surface area contributed by atoms with Crippen molar-refractivity contribution in [3.05, 3.63) is 108 Å². The number of pyridine rings is 1. The number of β-amino-alcohol motifs (C(OH)–C–C–N with tert-alkyl or cyclic N) is 1. The van der Waals surface area contributed by atoms with Gasteiger partial charge in [0.1, 0.15) is 24.2 Å². The number of hydrogen-bond donors (Lipinski definition) is 6. The van der Waals surface area contributed by atoms with Crippen LogP contribution in [0.4, 0.5) is 20.3 Å². The second kappa shape index (κ2) is 19.8. The molecule has 5 aromatic rings. The summed E-state index contributed by atoms with van der Waals surface area (Å²) in [5.74, 6) is -1.12. The van der Waals surface area contributed by atoms with Crippen molar-refractivity contribution < 1.29 is 37.7 Å². The molecule has 0 spiro atoms. The summed E-state index contributed by atoms with van der Waals surface area (Å²) in [7, 11) is 0. The Bertz CT molecular complexity index is 2330. The minimum absolute atomic E-state index is 0.0861. The van der Waals surface area contributed by atoms with Crippen LogP contribution in [0, 0.1) is 12.3 Å². The first-order chi connectivity index (χ1) is 29.4. The third-order valence-corrected chi connectivity index (χ3v) is 11.0. The van der Waals surface area contributed by atoms with E-state index in [2.05, 4.69) is 64.9 Å². The lowest BCUT2D eigenvalue weighted by atomic mass is 9.85. The van der Waals surface area contributed by atoms with E-state index in [1.165, 1.54) is 30.5 Å². The summed E-state index contributed by atoms with van der Waals surface area (Å²) in [4.78, 5) is 51.9. The van der Waals surface area contributed by atoms with Gasteiger partial charge in [0.25, 0.3) is 5.91 Å². The maximum absolute atomic E-state index is 14.1. The topological polar surface area (TPSA) is 196 Å². The van der Waals surface area contributed by atoms with E-state index in [1.807, 2.05) is 45.3 Å². The van der Waals surface area contributed by atoms with Gasteiger partial charge in [-0.2, -0.15) is 5.10 Å². The van der Waals surface area contributed by atoms with E-state index >= 15 is 0 Å². The highest BCUT2D eigenvalue weighted by molar-refractivity contribution is 7.13. The summed E-state index contributed by atoms with van der Waals surface area (Å²) in [5, 5.41) is 29.6. The highest BCUT2D eigenvalue weighted by Crippen LogP contribution is 2.31. The molecule has 0 saturated carbocycles. The maximum Gasteiger partial charge on any atom is 0.487 e. The second-order valence-electron chi connectivity index (χ2n) is 15.7. The molecule has 3 atom stereocenters. The number of rotatable bonds is 18. The molecule has 3 aromatic heterocycles. The zero-order valence-electron chi connectivity index (χ0n) is 34.5. The predicted molar refractivity (Wildman–Crippen MR) is 233 cm³/mol. The van der Waals surface area contributed by atoms with Gasteiger partial charge in [-0.05, 0) is 59.9 Å². The van der Waals surface area contributed by atoms with E-state index in [1.54, 1.807) is 34.6 Å². The van der Waals surface area contributed by atoms with Crippen LogP contribution in [-0.4, -0.2) is 98.0 Å². The van der Waals surface area contributed by atoms with Crippen LogP contribution in [0.5, 0.6) is 5.75 Å². The van der Waals surface area contributed by atoms with Crippen LogP contribution in [-0.2, 0) is 20.9 Å². The number of H-pyrrole nitrogens is 1. The van der Waals surface area contributed by atoms with Gasteiger partial charge in [-0.25, -0.2) is 9.97 Å². The standard InChI is InChI=1S/C43H48ClF2N9O6S/c1-25(48-20-27-6-8-28(9-7-27)37-26(2)50-24-62-37)35-19-31(56)22-55(35)41(59)38(42(3,4)5)53-36(57)23-60-17-16-47-39-33(34-14-15-51-54-34)18-29(21-49-39)40(58)52-30-10-12-32(13-11-30)61-43(44,45)46/h6-15,18,21,24,31,35,38,48,56H,1,16-17,19-20,22-23H2,2-5H3,(H,47,49)(H,51,54)(H,52,58)(H,53,57)/t31-,35+,38-/m1/s1. The number of aliphatic hydroxyl groups is 1. The lowest BCUT2D eigenvalue weighted by Gasteiger charge is -2.36. The Morgan fingerprint density at radius 3 is 2.48 bits per heavy atom. The number of carbonyl (C=O) groups excluding carboxylic acids is 3. The number of likely N-dealkylation sites (tertiary alicyclic amines) is 1. The summed E-state index contributed by atoms with van der Waals surface area (Å²) in [5.41, 5.74) is 2.57. The number of aryl methyl sites for hydroxylation is 1. The Balaban J connectivity index is 0.998. The predicted octanol–water partition coefficient (Wildman–Crippen LogP) is 6.55. The summed E-state index contributed by atoms with van der Waals surface area (Å²) in [6.07, 6.45) is 2.46. The van der Waals surface area contributed by atoms with Gasteiger partial charge in [-0.1, -0.05) is 51.6 Å². The number of aromatic nitrogens is 4. The van der Waals surface area contributed by atoms with Gasteiger partial charge in [0.2, 0.25) is 11.8 Å². The van der Waals surface area contributed by atoms with Crippen molar-refractivity contribution in [3.63, 3.8) is 0 Å². The van der Waals surface area contributed by atoms with Crippen LogP contribution in [0.1, 0.15) is 48.8 Å². The lowest BCUT2D eigenvalue weighted by molar-refractivity contribution is -0.141. The van der Waals surface area contributed by atoms with Gasteiger partial charge in [-0.15, -0.1) is 20.1 Å². The number of thiazole rings is 1. The molecule has 2 aromatic carbocycles. The summed E-state index contributed by atoms with van der Waals surface area (Å²) < 4.78 is 35.9. The quantitative estimate of drug-likeness (QED) is 0.0413. The number of halogens is 3. The highest BCUT2D eigenvalue weighted by atomic mass is 35.5. The number of nitrogens with zero attached hydrogens (tertiary/aromatic N) is 4. The third-order valence-electron chi connectivity index (χ3n) is 9.92. The Labute approximate surface area is 366 Å². The smallest absolute Gasteiger partial charge is 0.420 e.